The van der Waals surface area contributed by atoms with Crippen LogP contribution in [0.4, 0.5) is 13.2 Å². The molecule has 0 bridgehead atoms. The number of benzene rings is 3. The van der Waals surface area contributed by atoms with E-state index in [0.29, 0.717) is 40.6 Å². The normalized spacial score (nSPS) is 17.9. The molecule has 5 rings (SSSR count). The third-order valence-electron chi connectivity index (χ3n) is 7.81. The maximum Gasteiger partial charge on any atom is 0.391 e. The topological polar surface area (TPSA) is 77.4 Å². The van der Waals surface area contributed by atoms with Crippen molar-refractivity contribution in [1.82, 2.24) is 9.29 Å². The lowest BCUT2D eigenvalue weighted by Crippen LogP contribution is -2.34. The van der Waals surface area contributed by atoms with E-state index in [1.54, 1.807) is 53.1 Å². The van der Waals surface area contributed by atoms with Crippen molar-refractivity contribution < 1.29 is 31.1 Å². The second-order valence-corrected chi connectivity index (χ2v) is 12.3. The summed E-state index contributed by atoms with van der Waals surface area (Å²) in [7, 11) is -2.70. The SMILES string of the molecule is COc1ccc(-c2c(C(=O)NS(=O)(=O)c3ccc(C)cc3)n(CC3CCCC(C(F)(F)F)C3)c3ccccc23)cc1. The van der Waals surface area contributed by atoms with Crippen LogP contribution < -0.4 is 9.46 Å². The Labute approximate surface area is 237 Å². The molecule has 1 heterocycles. The van der Waals surface area contributed by atoms with Gasteiger partial charge in [-0.05, 0) is 68.0 Å². The summed E-state index contributed by atoms with van der Waals surface area (Å²) >= 11 is 0. The zero-order chi connectivity index (χ0) is 29.4. The molecule has 0 spiro atoms. The van der Waals surface area contributed by atoms with Crippen molar-refractivity contribution >= 4 is 26.8 Å². The van der Waals surface area contributed by atoms with Crippen molar-refractivity contribution in [2.45, 2.75) is 50.2 Å². The van der Waals surface area contributed by atoms with Crippen LogP contribution in [0.25, 0.3) is 22.0 Å². The van der Waals surface area contributed by atoms with E-state index in [1.807, 2.05) is 19.1 Å². The largest absolute Gasteiger partial charge is 0.497 e. The van der Waals surface area contributed by atoms with E-state index in [9.17, 15) is 26.4 Å². The first kappa shape index (κ1) is 28.7. The number of ether oxygens (including phenoxy) is 1. The van der Waals surface area contributed by atoms with Crippen LogP contribution in [0, 0.1) is 18.8 Å². The highest BCUT2D eigenvalue weighted by Crippen LogP contribution is 2.42. The number of methoxy groups -OCH3 is 1. The van der Waals surface area contributed by atoms with Gasteiger partial charge in [0.2, 0.25) is 0 Å². The second-order valence-electron chi connectivity index (χ2n) is 10.6. The number of rotatable bonds is 7. The Bertz CT molecular complexity index is 1660. The third kappa shape index (κ3) is 5.98. The van der Waals surface area contributed by atoms with Gasteiger partial charge in [0.1, 0.15) is 11.4 Å². The number of hydrogen-bond donors (Lipinski definition) is 1. The van der Waals surface area contributed by atoms with Gasteiger partial charge in [-0.15, -0.1) is 0 Å². The number of sulfonamides is 1. The second kappa shape index (κ2) is 11.2. The number of halogens is 3. The first-order chi connectivity index (χ1) is 19.5. The van der Waals surface area contributed by atoms with Crippen molar-refractivity contribution in [2.75, 3.05) is 7.11 Å². The summed E-state index contributed by atoms with van der Waals surface area (Å²) in [5.74, 6) is -1.99. The first-order valence-corrected chi connectivity index (χ1v) is 14.9. The minimum atomic E-state index is -4.28. The van der Waals surface area contributed by atoms with Gasteiger partial charge in [0, 0.05) is 23.0 Å². The quantitative estimate of drug-likeness (QED) is 0.251. The molecule has 1 aliphatic carbocycles. The van der Waals surface area contributed by atoms with Gasteiger partial charge in [-0.3, -0.25) is 4.79 Å². The summed E-state index contributed by atoms with van der Waals surface area (Å²) in [6.07, 6.45) is -3.22. The van der Waals surface area contributed by atoms with Gasteiger partial charge < -0.3 is 9.30 Å². The van der Waals surface area contributed by atoms with Crippen molar-refractivity contribution in [3.05, 3.63) is 84.1 Å². The van der Waals surface area contributed by atoms with Crippen molar-refractivity contribution in [1.29, 1.82) is 0 Å². The van der Waals surface area contributed by atoms with Crippen LogP contribution in [0.3, 0.4) is 0 Å². The Morgan fingerprint density at radius 1 is 1.00 bits per heavy atom. The molecule has 1 aliphatic rings. The molecular weight excluding hydrogens is 553 g/mol. The zero-order valence-electron chi connectivity index (χ0n) is 22.7. The van der Waals surface area contributed by atoms with Crippen LogP contribution in [0.15, 0.2) is 77.7 Å². The average molecular weight is 585 g/mol. The van der Waals surface area contributed by atoms with Crippen molar-refractivity contribution in [2.24, 2.45) is 11.8 Å². The van der Waals surface area contributed by atoms with Gasteiger partial charge >= 0.3 is 6.18 Å². The molecular formula is C31H31F3N2O4S. The number of alkyl halides is 3. The maximum atomic E-state index is 14.0. The Balaban J connectivity index is 1.63. The lowest BCUT2D eigenvalue weighted by molar-refractivity contribution is -0.186. The molecule has 41 heavy (non-hydrogen) atoms. The average Bonchev–Trinajstić information content (AvgIpc) is 3.27. The van der Waals surface area contributed by atoms with Gasteiger partial charge in [0.05, 0.1) is 17.9 Å². The first-order valence-electron chi connectivity index (χ1n) is 13.4. The molecule has 2 atom stereocenters. The van der Waals surface area contributed by atoms with Crippen LogP contribution in [0.1, 0.15) is 41.7 Å². The van der Waals surface area contributed by atoms with E-state index in [0.717, 1.165) is 5.56 Å². The number of amides is 1. The number of carbonyl (C=O) groups is 1. The molecule has 1 fully saturated rings. The summed E-state index contributed by atoms with van der Waals surface area (Å²) in [6.45, 7) is 1.97. The van der Waals surface area contributed by atoms with Crippen LogP contribution in [-0.4, -0.2) is 32.2 Å². The van der Waals surface area contributed by atoms with Crippen LogP contribution in [0.2, 0.25) is 0 Å². The Kier molecular flexibility index (Phi) is 7.87. The predicted octanol–water partition coefficient (Wildman–Crippen LogP) is 7.11. The fourth-order valence-electron chi connectivity index (χ4n) is 5.74. The lowest BCUT2D eigenvalue weighted by atomic mass is 9.81. The molecule has 0 saturated heterocycles. The van der Waals surface area contributed by atoms with E-state index >= 15 is 0 Å². The summed E-state index contributed by atoms with van der Waals surface area (Å²) < 4.78 is 76.6. The third-order valence-corrected chi connectivity index (χ3v) is 9.16. The number of aromatic nitrogens is 1. The van der Waals surface area contributed by atoms with Crippen LogP contribution in [-0.2, 0) is 16.6 Å². The number of para-hydroxylation sites is 1. The van der Waals surface area contributed by atoms with Gasteiger partial charge in [-0.25, -0.2) is 13.1 Å². The Hall–Kier alpha value is -3.79. The van der Waals surface area contributed by atoms with Gasteiger partial charge in [-0.2, -0.15) is 13.2 Å². The highest BCUT2D eigenvalue weighted by molar-refractivity contribution is 7.90. The molecule has 0 aliphatic heterocycles. The number of hydrogen-bond acceptors (Lipinski definition) is 4. The van der Waals surface area contributed by atoms with Crippen molar-refractivity contribution in [3.63, 3.8) is 0 Å². The number of fused-ring (bicyclic) bond motifs is 1. The molecule has 1 saturated carbocycles. The number of nitrogens with zero attached hydrogens (tertiary/aromatic N) is 1. The van der Waals surface area contributed by atoms with Gasteiger partial charge in [0.15, 0.2) is 0 Å². The van der Waals surface area contributed by atoms with E-state index in [2.05, 4.69) is 4.72 Å². The fraction of sp³-hybridized carbons (Fsp3) is 0.323. The summed E-state index contributed by atoms with van der Waals surface area (Å²) in [6, 6.07) is 20.4. The number of aryl methyl sites for hydroxylation is 1. The van der Waals surface area contributed by atoms with E-state index in [1.165, 1.54) is 19.2 Å². The fourth-order valence-corrected chi connectivity index (χ4v) is 6.69. The number of carbonyl (C=O) groups excluding carboxylic acids is 1. The maximum absolute atomic E-state index is 14.0. The summed E-state index contributed by atoms with van der Waals surface area (Å²) in [5.41, 5.74) is 2.74. The minimum Gasteiger partial charge on any atom is -0.497 e. The molecule has 2 unspecified atom stereocenters. The Morgan fingerprint density at radius 2 is 1.68 bits per heavy atom. The molecule has 3 aromatic carbocycles. The minimum absolute atomic E-state index is 0.0450. The zero-order valence-corrected chi connectivity index (χ0v) is 23.6. The van der Waals surface area contributed by atoms with Crippen LogP contribution >= 0.6 is 0 Å². The van der Waals surface area contributed by atoms with E-state index in [4.69, 9.17) is 4.74 Å². The van der Waals surface area contributed by atoms with Gasteiger partial charge in [-0.1, -0.05) is 54.4 Å². The van der Waals surface area contributed by atoms with E-state index in [-0.39, 0.29) is 35.9 Å². The molecule has 10 heteroatoms. The van der Waals surface area contributed by atoms with Gasteiger partial charge in [0.25, 0.3) is 15.9 Å². The molecule has 1 amide bonds. The smallest absolute Gasteiger partial charge is 0.391 e. The highest BCUT2D eigenvalue weighted by Gasteiger charge is 2.42. The molecule has 4 aromatic rings. The predicted molar refractivity (Wildman–Crippen MR) is 151 cm³/mol. The molecule has 1 N–H and O–H groups in total. The lowest BCUT2D eigenvalue weighted by Gasteiger charge is -2.31. The van der Waals surface area contributed by atoms with E-state index < -0.39 is 28.0 Å². The molecule has 0 radical (unpaired) electrons. The molecule has 6 nitrogen and oxygen atoms in total. The van der Waals surface area contributed by atoms with Crippen molar-refractivity contribution in [3.8, 4) is 16.9 Å². The summed E-state index contributed by atoms with van der Waals surface area (Å²) in [4.78, 5) is 13.9. The number of nitrogens with one attached hydrogen (secondary N) is 1. The summed E-state index contributed by atoms with van der Waals surface area (Å²) in [5, 5.41) is 0.693. The van der Waals surface area contributed by atoms with Crippen LogP contribution in [0.5, 0.6) is 5.75 Å². The standard InChI is InChI=1S/C31H31F3N2O4S/c1-20-10-16-25(17-11-20)41(38,39)35-30(37)29-28(22-12-14-24(40-2)15-13-22)26-8-3-4-9-27(26)36(29)19-21-6-5-7-23(18-21)31(32,33)34/h3-4,8-17,21,23H,5-7,18-19H2,1-2H3,(H,35,37). The molecule has 216 valence electrons. The monoisotopic (exact) mass is 584 g/mol. The highest BCUT2D eigenvalue weighted by atomic mass is 32.2. The Morgan fingerprint density at radius 3 is 2.34 bits per heavy atom. The molecule has 1 aromatic heterocycles.